The number of hydrogen-bond donors (Lipinski definition) is 2. The van der Waals surface area contributed by atoms with E-state index in [9.17, 15) is 4.79 Å². The van der Waals surface area contributed by atoms with E-state index in [1.165, 1.54) is 5.57 Å². The van der Waals surface area contributed by atoms with Gasteiger partial charge >= 0.3 is 0 Å². The lowest BCUT2D eigenvalue weighted by atomic mass is 9.86. The van der Waals surface area contributed by atoms with Crippen LogP contribution in [0, 0.1) is 13.8 Å². The Morgan fingerprint density at radius 1 is 1.13 bits per heavy atom. The molecule has 0 fully saturated rings. The summed E-state index contributed by atoms with van der Waals surface area (Å²) in [5.41, 5.74) is 4.74. The summed E-state index contributed by atoms with van der Waals surface area (Å²) >= 11 is 0. The number of fused-ring (bicyclic) bond motifs is 1. The number of benzene rings is 1. The maximum Gasteiger partial charge on any atom is 0.257 e. The van der Waals surface area contributed by atoms with Gasteiger partial charge in [-0.05, 0) is 83.6 Å². The molecular weight excluding hydrogens is 472 g/mol. The van der Waals surface area contributed by atoms with Gasteiger partial charge in [-0.3, -0.25) is 4.79 Å². The Hall–Kier alpha value is -3.61. The topological polar surface area (TPSA) is 76.8 Å². The number of carbonyl (C=O) groups is 1. The molecule has 1 atom stereocenters. The third-order valence-electron chi connectivity index (χ3n) is 8.24. The minimum atomic E-state index is -0.596. The largest absolute Gasteiger partial charge is 0.363 e. The van der Waals surface area contributed by atoms with Crippen LogP contribution in [-0.4, -0.2) is 31.5 Å². The van der Waals surface area contributed by atoms with Gasteiger partial charge in [-0.1, -0.05) is 50.3 Å². The second-order valence-electron chi connectivity index (χ2n) is 11.3. The number of carbonyl (C=O) groups excluding carboxylic acids is 1. The van der Waals surface area contributed by atoms with Crippen LogP contribution in [0.25, 0.3) is 5.69 Å². The fraction of sp³-hybridized carbons (Fsp3) is 0.452. The Labute approximate surface area is 226 Å². The van der Waals surface area contributed by atoms with Crippen molar-refractivity contribution in [1.29, 1.82) is 0 Å². The molecular formula is C31H40N6O. The van der Waals surface area contributed by atoms with E-state index in [2.05, 4.69) is 69.5 Å². The maximum absolute atomic E-state index is 14.1. The molecule has 3 aromatic rings. The molecule has 5 rings (SSSR count). The van der Waals surface area contributed by atoms with Gasteiger partial charge in [-0.2, -0.15) is 10.2 Å². The second-order valence-corrected chi connectivity index (χ2v) is 11.3. The Balaban J connectivity index is 1.50. The quantitative estimate of drug-likeness (QED) is 0.388. The predicted octanol–water partition coefficient (Wildman–Crippen LogP) is 6.33. The molecule has 0 radical (unpaired) electrons. The van der Waals surface area contributed by atoms with Gasteiger partial charge in [0.25, 0.3) is 5.91 Å². The zero-order chi connectivity index (χ0) is 27.1. The molecule has 7 heteroatoms. The van der Waals surface area contributed by atoms with E-state index in [0.29, 0.717) is 5.56 Å². The molecule has 2 N–H and O–H groups in total. The van der Waals surface area contributed by atoms with Crippen molar-refractivity contribution in [3.8, 4) is 5.69 Å². The molecule has 3 heterocycles. The molecule has 38 heavy (non-hydrogen) atoms. The molecule has 0 saturated carbocycles. The molecule has 0 unspecified atom stereocenters. The molecule has 1 aromatic carbocycles. The highest BCUT2D eigenvalue weighted by atomic mass is 16.2. The molecule has 1 aliphatic heterocycles. The Kier molecular flexibility index (Phi) is 6.80. The van der Waals surface area contributed by atoms with Gasteiger partial charge in [-0.15, -0.1) is 0 Å². The molecule has 0 saturated heterocycles. The number of allylic oxidation sites excluding steroid dienone is 2. The van der Waals surface area contributed by atoms with E-state index in [4.69, 9.17) is 10.2 Å². The molecule has 0 bridgehead atoms. The lowest BCUT2D eigenvalue weighted by molar-refractivity contribution is 0.0886. The summed E-state index contributed by atoms with van der Waals surface area (Å²) in [6.45, 7) is 12.6. The zero-order valence-corrected chi connectivity index (χ0v) is 23.5. The normalized spacial score (nSPS) is 18.5. The van der Waals surface area contributed by atoms with E-state index in [-0.39, 0.29) is 17.5 Å². The molecule has 7 nitrogen and oxygen atoms in total. The number of aryl methyl sites for hydroxylation is 2. The molecule has 2 aliphatic rings. The highest BCUT2D eigenvalue weighted by molar-refractivity contribution is 6.00. The first-order valence-electron chi connectivity index (χ1n) is 13.9. The Morgan fingerprint density at radius 2 is 1.87 bits per heavy atom. The number of para-hydroxylation sites is 1. The first-order valence-corrected chi connectivity index (χ1v) is 13.9. The fourth-order valence-electron chi connectivity index (χ4n) is 5.94. The second kappa shape index (κ2) is 9.93. The van der Waals surface area contributed by atoms with Gasteiger partial charge in [-0.25, -0.2) is 9.36 Å². The smallest absolute Gasteiger partial charge is 0.257 e. The van der Waals surface area contributed by atoms with Crippen LogP contribution in [0.1, 0.15) is 87.2 Å². The Bertz CT molecular complexity index is 1390. The van der Waals surface area contributed by atoms with Crippen LogP contribution in [0.3, 0.4) is 0 Å². The van der Waals surface area contributed by atoms with E-state index >= 15 is 0 Å². The van der Waals surface area contributed by atoms with Crippen LogP contribution < -0.4 is 10.6 Å². The fourth-order valence-corrected chi connectivity index (χ4v) is 5.94. The van der Waals surface area contributed by atoms with E-state index in [1.54, 1.807) is 0 Å². The summed E-state index contributed by atoms with van der Waals surface area (Å²) in [5.74, 6) is 0.685. The molecule has 1 amide bonds. The van der Waals surface area contributed by atoms with Crippen LogP contribution in [0.4, 0.5) is 5.82 Å². The lowest BCUT2D eigenvalue weighted by Gasteiger charge is -2.39. The monoisotopic (exact) mass is 512 g/mol. The molecule has 200 valence electrons. The van der Waals surface area contributed by atoms with Crippen molar-refractivity contribution in [1.82, 2.24) is 24.9 Å². The zero-order valence-electron chi connectivity index (χ0n) is 23.5. The number of rotatable bonds is 7. The maximum atomic E-state index is 14.1. The van der Waals surface area contributed by atoms with Crippen molar-refractivity contribution in [3.63, 3.8) is 0 Å². The number of nitrogens with zero attached hydrogens (tertiary/aromatic N) is 4. The van der Waals surface area contributed by atoms with Crippen LogP contribution in [0.5, 0.6) is 0 Å². The first-order chi connectivity index (χ1) is 18.2. The highest BCUT2D eigenvalue weighted by Crippen LogP contribution is 2.39. The molecule has 0 spiro atoms. The minimum absolute atomic E-state index is 0.114. The van der Waals surface area contributed by atoms with Gasteiger partial charge in [0.15, 0.2) is 0 Å². The van der Waals surface area contributed by atoms with Crippen molar-refractivity contribution in [2.24, 2.45) is 0 Å². The summed E-state index contributed by atoms with van der Waals surface area (Å²) in [5, 5.41) is 16.9. The molecule has 2 aromatic heterocycles. The van der Waals surface area contributed by atoms with Crippen LogP contribution >= 0.6 is 0 Å². The lowest BCUT2D eigenvalue weighted by Crippen LogP contribution is -2.46. The summed E-state index contributed by atoms with van der Waals surface area (Å²) in [7, 11) is 0. The van der Waals surface area contributed by atoms with Gasteiger partial charge in [0.2, 0.25) is 0 Å². The highest BCUT2D eigenvalue weighted by Gasteiger charge is 2.40. The summed E-state index contributed by atoms with van der Waals surface area (Å²) in [6, 6.07) is 12.4. The van der Waals surface area contributed by atoms with Gasteiger partial charge in [0.05, 0.1) is 34.2 Å². The van der Waals surface area contributed by atoms with Crippen molar-refractivity contribution in [3.05, 3.63) is 82.8 Å². The van der Waals surface area contributed by atoms with Crippen molar-refractivity contribution in [2.75, 3.05) is 5.32 Å². The summed E-state index contributed by atoms with van der Waals surface area (Å²) < 4.78 is 3.96. The Morgan fingerprint density at radius 3 is 2.53 bits per heavy atom. The number of hydrogen-bond acceptors (Lipinski definition) is 4. The number of nitrogens with one attached hydrogen (secondary N) is 2. The summed E-state index contributed by atoms with van der Waals surface area (Å²) in [6.07, 6.45) is 11.3. The van der Waals surface area contributed by atoms with E-state index in [1.807, 2.05) is 46.6 Å². The van der Waals surface area contributed by atoms with Gasteiger partial charge in [0, 0.05) is 5.69 Å². The summed E-state index contributed by atoms with van der Waals surface area (Å²) in [4.78, 5) is 14.1. The number of anilines is 1. The third-order valence-corrected chi connectivity index (χ3v) is 8.24. The standard InChI is InChI=1S/C31H40N6O/c1-7-31(8-2,26-19-21(3)36(35-26)24-17-13-10-14-18-24)33-29(38)27-22(4)34-37-28(27)32-25(20-30(37,5)6)23-15-11-9-12-16-23/h10-11,13-19,25,32H,7-9,12,20H2,1-6H3,(H,33,38)/t25-/m1/s1. The van der Waals surface area contributed by atoms with Crippen molar-refractivity contribution in [2.45, 2.75) is 90.8 Å². The average molecular weight is 513 g/mol. The van der Waals surface area contributed by atoms with Crippen molar-refractivity contribution < 1.29 is 4.79 Å². The van der Waals surface area contributed by atoms with Crippen LogP contribution in [0.2, 0.25) is 0 Å². The average Bonchev–Trinajstić information content (AvgIpc) is 3.48. The first kappa shape index (κ1) is 26.0. The number of aromatic nitrogens is 4. The molecule has 1 aliphatic carbocycles. The predicted molar refractivity (Wildman–Crippen MR) is 153 cm³/mol. The number of amides is 1. The van der Waals surface area contributed by atoms with E-state index < -0.39 is 5.54 Å². The third kappa shape index (κ3) is 4.48. The minimum Gasteiger partial charge on any atom is -0.363 e. The van der Waals surface area contributed by atoms with Crippen LogP contribution in [-0.2, 0) is 11.1 Å². The van der Waals surface area contributed by atoms with Gasteiger partial charge < -0.3 is 10.6 Å². The van der Waals surface area contributed by atoms with Crippen LogP contribution in [0.15, 0.2) is 60.2 Å². The van der Waals surface area contributed by atoms with Gasteiger partial charge in [0.1, 0.15) is 11.4 Å². The van der Waals surface area contributed by atoms with Crippen molar-refractivity contribution >= 4 is 11.7 Å². The van der Waals surface area contributed by atoms with E-state index in [0.717, 1.165) is 60.7 Å². The SMILES string of the molecule is CCC(CC)(NC(=O)c1c(C)nn2c1N[C@@H](C1=CCCC=C1)CC2(C)C)c1cc(C)n(-c2ccccc2)n1.